The summed E-state index contributed by atoms with van der Waals surface area (Å²) in [5.41, 5.74) is 10.0. The molecule has 3 N–H and O–H groups in total. The molecule has 0 aliphatic carbocycles. The maximum atomic E-state index is 5.97. The van der Waals surface area contributed by atoms with Crippen LogP contribution >= 0.6 is 0 Å². The molecule has 1 aromatic rings. The fraction of sp³-hybridized carbons (Fsp3) is 0.455. The highest BCUT2D eigenvalue weighted by Crippen LogP contribution is 2.39. The van der Waals surface area contributed by atoms with Crippen molar-refractivity contribution in [3.8, 4) is 5.75 Å². The Morgan fingerprint density at radius 2 is 2.14 bits per heavy atom. The van der Waals surface area contributed by atoms with E-state index in [9.17, 15) is 0 Å². The lowest BCUT2D eigenvalue weighted by Gasteiger charge is -2.28. The van der Waals surface area contributed by atoms with Crippen molar-refractivity contribution < 1.29 is 4.74 Å². The molecule has 0 saturated carbocycles. The van der Waals surface area contributed by atoms with Gasteiger partial charge in [-0.15, -0.1) is 0 Å². The Morgan fingerprint density at radius 3 is 2.86 bits per heavy atom. The number of hydrogen-bond acceptors (Lipinski definition) is 3. The van der Waals surface area contributed by atoms with Crippen LogP contribution in [0, 0.1) is 13.8 Å². The van der Waals surface area contributed by atoms with Crippen LogP contribution in [0.1, 0.15) is 18.1 Å². The van der Waals surface area contributed by atoms with Crippen LogP contribution < -0.4 is 15.8 Å². The molecule has 2 rings (SSSR count). The van der Waals surface area contributed by atoms with Crippen molar-refractivity contribution >= 4 is 11.4 Å². The predicted molar refractivity (Wildman–Crippen MR) is 58.9 cm³/mol. The fourth-order valence-electron chi connectivity index (χ4n) is 1.80. The minimum atomic E-state index is 0.186. The van der Waals surface area contributed by atoms with E-state index in [1.165, 1.54) is 5.56 Å². The van der Waals surface area contributed by atoms with E-state index in [-0.39, 0.29) is 6.10 Å². The third kappa shape index (κ3) is 1.29. The maximum Gasteiger partial charge on any atom is 0.166 e. The monoisotopic (exact) mass is 192 g/mol. The molecule has 1 aliphatic rings. The maximum absolute atomic E-state index is 5.97. The number of ether oxygens (including phenoxy) is 1. The van der Waals surface area contributed by atoms with Crippen molar-refractivity contribution in [3.05, 3.63) is 17.2 Å². The SMILES string of the molecule is Cc1cc(C)c2c(c1N)OC(C)CN2. The van der Waals surface area contributed by atoms with E-state index in [1.807, 2.05) is 13.8 Å². The van der Waals surface area contributed by atoms with Gasteiger partial charge in [-0.3, -0.25) is 0 Å². The molecule has 1 aliphatic heterocycles. The van der Waals surface area contributed by atoms with Gasteiger partial charge in [0.1, 0.15) is 6.10 Å². The summed E-state index contributed by atoms with van der Waals surface area (Å²) >= 11 is 0. The average Bonchev–Trinajstić information content (AvgIpc) is 2.14. The van der Waals surface area contributed by atoms with E-state index in [0.717, 1.165) is 29.2 Å². The first kappa shape index (κ1) is 9.19. The van der Waals surface area contributed by atoms with Gasteiger partial charge in [-0.25, -0.2) is 0 Å². The lowest BCUT2D eigenvalue weighted by molar-refractivity contribution is 0.227. The molecular formula is C11H16N2O. The number of aryl methyl sites for hydroxylation is 2. The highest BCUT2D eigenvalue weighted by molar-refractivity contribution is 5.76. The molecule has 0 saturated heterocycles. The van der Waals surface area contributed by atoms with Gasteiger partial charge >= 0.3 is 0 Å². The number of fused-ring (bicyclic) bond motifs is 1. The number of benzene rings is 1. The van der Waals surface area contributed by atoms with Crippen LogP contribution in [0.3, 0.4) is 0 Å². The van der Waals surface area contributed by atoms with Gasteiger partial charge in [0.05, 0.1) is 17.9 Å². The van der Waals surface area contributed by atoms with Gasteiger partial charge in [0.25, 0.3) is 0 Å². The van der Waals surface area contributed by atoms with E-state index >= 15 is 0 Å². The minimum Gasteiger partial charge on any atom is -0.485 e. The van der Waals surface area contributed by atoms with E-state index in [1.54, 1.807) is 0 Å². The molecule has 0 amide bonds. The number of nitrogens with one attached hydrogen (secondary N) is 1. The zero-order valence-corrected chi connectivity index (χ0v) is 8.85. The normalized spacial score (nSPS) is 19.5. The van der Waals surface area contributed by atoms with Gasteiger partial charge in [-0.2, -0.15) is 0 Å². The van der Waals surface area contributed by atoms with Gasteiger partial charge in [-0.05, 0) is 31.9 Å². The second kappa shape index (κ2) is 3.08. The molecule has 14 heavy (non-hydrogen) atoms. The van der Waals surface area contributed by atoms with Crippen molar-refractivity contribution in [3.63, 3.8) is 0 Å². The average molecular weight is 192 g/mol. The van der Waals surface area contributed by atoms with Crippen LogP contribution in [-0.2, 0) is 0 Å². The second-order valence-corrected chi connectivity index (χ2v) is 3.94. The molecule has 0 bridgehead atoms. The number of nitrogen functional groups attached to an aromatic ring is 1. The van der Waals surface area contributed by atoms with Gasteiger partial charge in [0, 0.05) is 0 Å². The van der Waals surface area contributed by atoms with Crippen molar-refractivity contribution in [2.24, 2.45) is 0 Å². The topological polar surface area (TPSA) is 47.3 Å². The zero-order valence-electron chi connectivity index (χ0n) is 8.85. The standard InChI is InChI=1S/C11H16N2O/c1-6-4-7(2)10-11(9(6)12)14-8(3)5-13-10/h4,8,13H,5,12H2,1-3H3. The Hall–Kier alpha value is -1.38. The summed E-state index contributed by atoms with van der Waals surface area (Å²) in [6.07, 6.45) is 0.186. The molecule has 1 heterocycles. The molecule has 0 aromatic heterocycles. The second-order valence-electron chi connectivity index (χ2n) is 3.94. The van der Waals surface area contributed by atoms with Crippen molar-refractivity contribution in [1.82, 2.24) is 0 Å². The first-order valence-corrected chi connectivity index (χ1v) is 4.90. The number of hydrogen-bond donors (Lipinski definition) is 2. The third-order valence-corrected chi connectivity index (χ3v) is 2.61. The molecule has 1 aromatic carbocycles. The Labute approximate surface area is 84.3 Å². The molecule has 1 unspecified atom stereocenters. The predicted octanol–water partition coefficient (Wildman–Crippen LogP) is 2.08. The van der Waals surface area contributed by atoms with Crippen LogP contribution in [0.4, 0.5) is 11.4 Å². The molecule has 1 atom stereocenters. The highest BCUT2D eigenvalue weighted by atomic mass is 16.5. The Morgan fingerprint density at radius 1 is 1.43 bits per heavy atom. The van der Waals surface area contributed by atoms with Gasteiger partial charge in [0.2, 0.25) is 0 Å². The summed E-state index contributed by atoms with van der Waals surface area (Å²) in [7, 11) is 0. The van der Waals surface area contributed by atoms with Crippen molar-refractivity contribution in [1.29, 1.82) is 0 Å². The fourth-order valence-corrected chi connectivity index (χ4v) is 1.80. The molecular weight excluding hydrogens is 176 g/mol. The minimum absolute atomic E-state index is 0.186. The van der Waals surface area contributed by atoms with Crippen molar-refractivity contribution in [2.45, 2.75) is 26.9 Å². The molecule has 3 nitrogen and oxygen atoms in total. The Bertz CT molecular complexity index is 374. The smallest absolute Gasteiger partial charge is 0.166 e. The first-order valence-electron chi connectivity index (χ1n) is 4.90. The number of rotatable bonds is 0. The van der Waals surface area contributed by atoms with Crippen LogP contribution in [0.5, 0.6) is 5.75 Å². The summed E-state index contributed by atoms with van der Waals surface area (Å²) in [6, 6.07) is 2.08. The van der Waals surface area contributed by atoms with E-state index in [2.05, 4.69) is 18.3 Å². The summed E-state index contributed by atoms with van der Waals surface area (Å²) in [5.74, 6) is 0.821. The quantitative estimate of drug-likeness (QED) is 0.619. The van der Waals surface area contributed by atoms with E-state index in [4.69, 9.17) is 10.5 Å². The third-order valence-electron chi connectivity index (χ3n) is 2.61. The number of anilines is 2. The summed E-state index contributed by atoms with van der Waals surface area (Å²) in [4.78, 5) is 0. The van der Waals surface area contributed by atoms with E-state index in [0.29, 0.717) is 0 Å². The van der Waals surface area contributed by atoms with E-state index < -0.39 is 0 Å². The molecule has 0 spiro atoms. The van der Waals surface area contributed by atoms with Crippen LogP contribution in [-0.4, -0.2) is 12.6 Å². The van der Waals surface area contributed by atoms with Crippen molar-refractivity contribution in [2.75, 3.05) is 17.6 Å². The van der Waals surface area contributed by atoms with Gasteiger partial charge in [0.15, 0.2) is 5.75 Å². The van der Waals surface area contributed by atoms with Gasteiger partial charge < -0.3 is 15.8 Å². The number of nitrogens with two attached hydrogens (primary N) is 1. The largest absolute Gasteiger partial charge is 0.485 e. The highest BCUT2D eigenvalue weighted by Gasteiger charge is 2.20. The zero-order chi connectivity index (χ0) is 10.3. The van der Waals surface area contributed by atoms with Crippen LogP contribution in [0.2, 0.25) is 0 Å². The summed E-state index contributed by atoms with van der Waals surface area (Å²) < 4.78 is 5.74. The molecule has 3 heteroatoms. The lowest BCUT2D eigenvalue weighted by atomic mass is 10.1. The molecule has 0 radical (unpaired) electrons. The van der Waals surface area contributed by atoms with Crippen LogP contribution in [0.15, 0.2) is 6.07 Å². The first-order chi connectivity index (χ1) is 6.59. The lowest BCUT2D eigenvalue weighted by Crippen LogP contribution is -2.28. The summed E-state index contributed by atoms with van der Waals surface area (Å²) in [5, 5.41) is 3.34. The summed E-state index contributed by atoms with van der Waals surface area (Å²) in [6.45, 7) is 6.95. The van der Waals surface area contributed by atoms with Gasteiger partial charge in [-0.1, -0.05) is 6.07 Å². The molecule has 0 fully saturated rings. The molecule has 76 valence electrons. The Balaban J connectivity index is 2.57. The van der Waals surface area contributed by atoms with Crippen LogP contribution in [0.25, 0.3) is 0 Å². The Kier molecular flexibility index (Phi) is 2.02.